The molecule has 4 N–H and O–H groups in total. The first-order chi connectivity index (χ1) is 19.2. The third-order valence-corrected chi connectivity index (χ3v) is 7.94. The zero-order valence-corrected chi connectivity index (χ0v) is 26.5. The molecule has 0 aliphatic carbocycles. The van der Waals surface area contributed by atoms with Crippen molar-refractivity contribution in [2.24, 2.45) is 5.73 Å². The van der Waals surface area contributed by atoms with Crippen molar-refractivity contribution in [3.8, 4) is 0 Å². The third kappa shape index (κ3) is 28.2. The van der Waals surface area contributed by atoms with Crippen LogP contribution in [0.25, 0.3) is 0 Å². The molecule has 5 nitrogen and oxygen atoms in total. The Labute approximate surface area is 244 Å². The van der Waals surface area contributed by atoms with Crippen LogP contribution in [-0.2, 0) is 9.59 Å². The molecule has 0 heterocycles. The van der Waals surface area contributed by atoms with E-state index < -0.39 is 6.04 Å². The van der Waals surface area contributed by atoms with Gasteiger partial charge >= 0.3 is 0 Å². The van der Waals surface area contributed by atoms with Gasteiger partial charge in [0.2, 0.25) is 11.8 Å². The standard InChI is InChI=1S/C34H69N3O2/c1-3-5-7-9-11-13-15-16-17-18-20-22-24-29-33(38)37-32(28-25-26-30-35)34(39)36-31-27-23-21-19-14-12-10-8-6-4-2/h32H,3-31,35H2,1-2H3,(H,36,39)(H,37,38). The van der Waals surface area contributed by atoms with Gasteiger partial charge in [-0.15, -0.1) is 0 Å². The monoisotopic (exact) mass is 552 g/mol. The number of nitrogens with one attached hydrogen (secondary N) is 2. The molecule has 5 heteroatoms. The van der Waals surface area contributed by atoms with E-state index in [4.69, 9.17) is 5.73 Å². The molecular weight excluding hydrogens is 482 g/mol. The molecule has 39 heavy (non-hydrogen) atoms. The number of amides is 2. The smallest absolute Gasteiger partial charge is 0.242 e. The highest BCUT2D eigenvalue weighted by atomic mass is 16.2. The highest BCUT2D eigenvalue weighted by Crippen LogP contribution is 2.13. The highest BCUT2D eigenvalue weighted by Gasteiger charge is 2.19. The molecule has 0 aromatic heterocycles. The summed E-state index contributed by atoms with van der Waals surface area (Å²) in [5.74, 6) is -0.00781. The molecule has 2 amide bonds. The number of carbonyl (C=O) groups is 2. The molecule has 0 saturated heterocycles. The first-order valence-corrected chi connectivity index (χ1v) is 17.4. The number of hydrogen-bond donors (Lipinski definition) is 3. The van der Waals surface area contributed by atoms with Gasteiger partial charge in [0.05, 0.1) is 0 Å². The molecule has 0 saturated carbocycles. The Morgan fingerprint density at radius 3 is 1.38 bits per heavy atom. The normalized spacial score (nSPS) is 12.0. The second-order valence-electron chi connectivity index (χ2n) is 11.9. The van der Waals surface area contributed by atoms with E-state index in [9.17, 15) is 9.59 Å². The van der Waals surface area contributed by atoms with E-state index >= 15 is 0 Å². The van der Waals surface area contributed by atoms with Gasteiger partial charge in [0.15, 0.2) is 0 Å². The van der Waals surface area contributed by atoms with Crippen molar-refractivity contribution in [3.63, 3.8) is 0 Å². The van der Waals surface area contributed by atoms with E-state index in [1.54, 1.807) is 0 Å². The van der Waals surface area contributed by atoms with Crippen LogP contribution < -0.4 is 16.4 Å². The van der Waals surface area contributed by atoms with Gasteiger partial charge in [0.25, 0.3) is 0 Å². The van der Waals surface area contributed by atoms with Crippen molar-refractivity contribution in [2.45, 2.75) is 193 Å². The second kappa shape index (κ2) is 31.4. The fourth-order valence-electron chi connectivity index (χ4n) is 5.28. The van der Waals surface area contributed by atoms with Crippen LogP contribution in [0.15, 0.2) is 0 Å². The van der Waals surface area contributed by atoms with Crippen LogP contribution in [-0.4, -0.2) is 30.9 Å². The van der Waals surface area contributed by atoms with E-state index in [2.05, 4.69) is 24.5 Å². The molecule has 1 unspecified atom stereocenters. The minimum atomic E-state index is -0.422. The Bertz CT molecular complexity index is 527. The van der Waals surface area contributed by atoms with Crippen LogP contribution in [0.5, 0.6) is 0 Å². The predicted octanol–water partition coefficient (Wildman–Crippen LogP) is 9.12. The Morgan fingerprint density at radius 1 is 0.538 bits per heavy atom. The summed E-state index contributed by atoms with van der Waals surface area (Å²) in [4.78, 5) is 25.3. The Kier molecular flexibility index (Phi) is 30.5. The fourth-order valence-corrected chi connectivity index (χ4v) is 5.28. The molecule has 0 aromatic carbocycles. The van der Waals surface area contributed by atoms with E-state index in [0.717, 1.165) is 32.1 Å². The lowest BCUT2D eigenvalue weighted by molar-refractivity contribution is -0.129. The Balaban J connectivity index is 3.88. The quantitative estimate of drug-likeness (QED) is 0.0751. The maximum atomic E-state index is 12.8. The van der Waals surface area contributed by atoms with Crippen molar-refractivity contribution in [1.29, 1.82) is 0 Å². The lowest BCUT2D eigenvalue weighted by Gasteiger charge is -2.18. The maximum Gasteiger partial charge on any atom is 0.242 e. The van der Waals surface area contributed by atoms with E-state index in [1.807, 2.05) is 0 Å². The average molecular weight is 552 g/mol. The zero-order valence-electron chi connectivity index (χ0n) is 26.5. The molecule has 0 radical (unpaired) electrons. The van der Waals surface area contributed by atoms with Crippen molar-refractivity contribution >= 4 is 11.8 Å². The molecule has 0 aliphatic heterocycles. The van der Waals surface area contributed by atoms with Gasteiger partial charge in [-0.05, 0) is 38.6 Å². The van der Waals surface area contributed by atoms with Gasteiger partial charge in [0.1, 0.15) is 6.04 Å². The Hall–Kier alpha value is -1.10. The molecule has 0 aromatic rings. The summed E-state index contributed by atoms with van der Waals surface area (Å²) in [5.41, 5.74) is 5.64. The molecule has 0 fully saturated rings. The summed E-state index contributed by atoms with van der Waals surface area (Å²) in [7, 11) is 0. The SMILES string of the molecule is CCCCCCCCCCCCCCCC(=O)NC(CCCCN)C(=O)NCCCCCCCCCCCC. The van der Waals surface area contributed by atoms with Gasteiger partial charge in [-0.1, -0.05) is 149 Å². The largest absolute Gasteiger partial charge is 0.354 e. The number of hydrogen-bond acceptors (Lipinski definition) is 3. The van der Waals surface area contributed by atoms with Gasteiger partial charge in [0, 0.05) is 13.0 Å². The molecule has 0 spiro atoms. The molecule has 0 aliphatic rings. The number of carbonyl (C=O) groups excluding carboxylic acids is 2. The minimum Gasteiger partial charge on any atom is -0.354 e. The number of nitrogens with two attached hydrogens (primary N) is 1. The van der Waals surface area contributed by atoms with Crippen LogP contribution in [0.4, 0.5) is 0 Å². The molecule has 0 rings (SSSR count). The van der Waals surface area contributed by atoms with Crippen LogP contribution in [0.1, 0.15) is 187 Å². The highest BCUT2D eigenvalue weighted by molar-refractivity contribution is 5.87. The minimum absolute atomic E-state index is 0.0184. The van der Waals surface area contributed by atoms with Crippen molar-refractivity contribution in [2.75, 3.05) is 13.1 Å². The maximum absolute atomic E-state index is 12.8. The van der Waals surface area contributed by atoms with Crippen LogP contribution in [0.2, 0.25) is 0 Å². The van der Waals surface area contributed by atoms with E-state index in [-0.39, 0.29) is 11.8 Å². The molecule has 0 bridgehead atoms. The van der Waals surface area contributed by atoms with E-state index in [0.29, 0.717) is 25.9 Å². The Morgan fingerprint density at radius 2 is 0.949 bits per heavy atom. The third-order valence-electron chi connectivity index (χ3n) is 7.94. The average Bonchev–Trinajstić information content (AvgIpc) is 2.93. The van der Waals surface area contributed by atoms with Crippen molar-refractivity contribution < 1.29 is 9.59 Å². The van der Waals surface area contributed by atoms with Crippen LogP contribution in [0.3, 0.4) is 0 Å². The summed E-state index contributed by atoms with van der Waals surface area (Å²) in [6.07, 6.45) is 32.7. The topological polar surface area (TPSA) is 84.2 Å². The number of unbranched alkanes of at least 4 members (excludes halogenated alkanes) is 22. The van der Waals surface area contributed by atoms with Gasteiger partial charge < -0.3 is 16.4 Å². The van der Waals surface area contributed by atoms with E-state index in [1.165, 1.54) is 128 Å². The lowest BCUT2D eigenvalue weighted by Crippen LogP contribution is -2.47. The van der Waals surface area contributed by atoms with Gasteiger partial charge in [-0.25, -0.2) is 0 Å². The summed E-state index contributed by atoms with van der Waals surface area (Å²) in [6.45, 7) is 5.86. The zero-order chi connectivity index (χ0) is 28.7. The summed E-state index contributed by atoms with van der Waals surface area (Å²) < 4.78 is 0. The first-order valence-electron chi connectivity index (χ1n) is 17.4. The second-order valence-corrected chi connectivity index (χ2v) is 11.9. The number of rotatable bonds is 31. The van der Waals surface area contributed by atoms with Crippen molar-refractivity contribution in [3.05, 3.63) is 0 Å². The van der Waals surface area contributed by atoms with Crippen molar-refractivity contribution in [1.82, 2.24) is 10.6 Å². The summed E-state index contributed by atoms with van der Waals surface area (Å²) >= 11 is 0. The molecule has 232 valence electrons. The molecule has 1 atom stereocenters. The summed E-state index contributed by atoms with van der Waals surface area (Å²) in [6, 6.07) is -0.422. The van der Waals surface area contributed by atoms with Crippen LogP contribution in [0, 0.1) is 0 Å². The molecular formula is C34H69N3O2. The van der Waals surface area contributed by atoms with Gasteiger partial charge in [-0.2, -0.15) is 0 Å². The lowest BCUT2D eigenvalue weighted by atomic mass is 10.0. The first kappa shape index (κ1) is 37.9. The predicted molar refractivity (Wildman–Crippen MR) is 170 cm³/mol. The fraction of sp³-hybridized carbons (Fsp3) is 0.941. The summed E-state index contributed by atoms with van der Waals surface area (Å²) in [5, 5.41) is 6.09. The van der Waals surface area contributed by atoms with Gasteiger partial charge in [-0.3, -0.25) is 9.59 Å². The van der Waals surface area contributed by atoms with Crippen LogP contribution >= 0.6 is 0 Å².